The molecule has 1 rings (SSSR count). The predicted octanol–water partition coefficient (Wildman–Crippen LogP) is -0.157. The maximum Gasteiger partial charge on any atom is 0.320 e. The van der Waals surface area contributed by atoms with Gasteiger partial charge in [-0.15, -0.1) is 0 Å². The molecule has 76 valence electrons. The summed E-state index contributed by atoms with van der Waals surface area (Å²) in [7, 11) is 0. The lowest BCUT2D eigenvalue weighted by Gasteiger charge is -2.30. The van der Waals surface area contributed by atoms with Crippen molar-refractivity contribution in [2.45, 2.75) is 19.9 Å². The summed E-state index contributed by atoms with van der Waals surface area (Å²) in [5.74, 6) is -0.114. The number of esters is 1. The van der Waals surface area contributed by atoms with Gasteiger partial charge in [-0.25, -0.2) is 0 Å². The van der Waals surface area contributed by atoms with Gasteiger partial charge in [0.2, 0.25) is 0 Å². The smallest absolute Gasteiger partial charge is 0.320 e. The van der Waals surface area contributed by atoms with Crippen LogP contribution in [0.15, 0.2) is 0 Å². The largest absolute Gasteiger partial charge is 0.465 e. The maximum atomic E-state index is 11.1. The van der Waals surface area contributed by atoms with Gasteiger partial charge in [0.15, 0.2) is 0 Å². The summed E-state index contributed by atoms with van der Waals surface area (Å²) in [6.45, 7) is 7.68. The maximum absolute atomic E-state index is 11.1. The summed E-state index contributed by atoms with van der Waals surface area (Å²) < 4.78 is 4.88. The Labute approximate surface area is 79.2 Å². The predicted molar refractivity (Wildman–Crippen MR) is 50.5 cm³/mol. The number of hydrogen-bond donors (Lipinski definition) is 1. The second-order valence-electron chi connectivity index (χ2n) is 3.40. The average Bonchev–Trinajstić information content (AvgIpc) is 2.04. The first-order chi connectivity index (χ1) is 6.22. The third kappa shape index (κ3) is 3.74. The van der Waals surface area contributed by atoms with Gasteiger partial charge in [-0.1, -0.05) is 0 Å². The van der Waals surface area contributed by atoms with Gasteiger partial charge in [0, 0.05) is 25.7 Å². The van der Waals surface area contributed by atoms with Gasteiger partial charge < -0.3 is 10.1 Å². The van der Waals surface area contributed by atoms with Crippen LogP contribution in [0.3, 0.4) is 0 Å². The molecule has 0 saturated carbocycles. The first-order valence-corrected chi connectivity index (χ1v) is 4.83. The van der Waals surface area contributed by atoms with E-state index in [0.29, 0.717) is 19.2 Å². The van der Waals surface area contributed by atoms with E-state index in [0.717, 1.165) is 19.6 Å². The molecular formula is C9H18N2O2. The molecule has 1 aliphatic heterocycles. The Balaban J connectivity index is 2.23. The Morgan fingerprint density at radius 1 is 1.69 bits per heavy atom. The van der Waals surface area contributed by atoms with Gasteiger partial charge in [0.25, 0.3) is 0 Å². The van der Waals surface area contributed by atoms with Crippen molar-refractivity contribution < 1.29 is 9.53 Å². The number of rotatable bonds is 3. The summed E-state index contributed by atoms with van der Waals surface area (Å²) in [6, 6.07) is 0.475. The molecule has 1 atom stereocenters. The molecule has 13 heavy (non-hydrogen) atoms. The minimum absolute atomic E-state index is 0.114. The van der Waals surface area contributed by atoms with Gasteiger partial charge in [-0.3, -0.25) is 9.69 Å². The first-order valence-electron chi connectivity index (χ1n) is 4.83. The molecule has 1 aliphatic rings. The number of ether oxygens (including phenoxy) is 1. The van der Waals surface area contributed by atoms with Gasteiger partial charge in [-0.2, -0.15) is 0 Å². The normalized spacial score (nSPS) is 24.3. The SMILES string of the molecule is CCOC(=O)CN1CCN[C@H](C)C1. The number of piperazine rings is 1. The van der Waals surface area contributed by atoms with E-state index >= 15 is 0 Å². The fourth-order valence-electron chi connectivity index (χ4n) is 1.55. The van der Waals surface area contributed by atoms with E-state index < -0.39 is 0 Å². The molecule has 4 nitrogen and oxygen atoms in total. The number of carbonyl (C=O) groups is 1. The molecule has 0 aliphatic carbocycles. The molecule has 1 N–H and O–H groups in total. The summed E-state index contributed by atoms with van der Waals surface area (Å²) >= 11 is 0. The Morgan fingerprint density at radius 2 is 2.46 bits per heavy atom. The molecule has 1 fully saturated rings. The quantitative estimate of drug-likeness (QED) is 0.622. The van der Waals surface area contributed by atoms with E-state index in [1.165, 1.54) is 0 Å². The fourth-order valence-corrected chi connectivity index (χ4v) is 1.55. The van der Waals surface area contributed by atoms with Crippen LogP contribution < -0.4 is 5.32 Å². The minimum atomic E-state index is -0.114. The molecule has 0 aromatic carbocycles. The molecule has 1 saturated heterocycles. The van der Waals surface area contributed by atoms with Crippen LogP contribution >= 0.6 is 0 Å². The Bertz CT molecular complexity index is 173. The van der Waals surface area contributed by atoms with Gasteiger partial charge >= 0.3 is 5.97 Å². The van der Waals surface area contributed by atoms with Gasteiger partial charge in [0.1, 0.15) is 0 Å². The Hall–Kier alpha value is -0.610. The summed E-state index contributed by atoms with van der Waals surface area (Å²) in [5, 5.41) is 3.32. The van der Waals surface area contributed by atoms with Crippen LogP contribution in [0.4, 0.5) is 0 Å². The van der Waals surface area contributed by atoms with Crippen molar-refractivity contribution >= 4 is 5.97 Å². The van der Waals surface area contributed by atoms with E-state index in [9.17, 15) is 4.79 Å². The molecule has 0 amide bonds. The molecule has 4 heteroatoms. The zero-order valence-corrected chi connectivity index (χ0v) is 8.38. The van der Waals surface area contributed by atoms with Crippen LogP contribution in [0.1, 0.15) is 13.8 Å². The summed E-state index contributed by atoms with van der Waals surface area (Å²) in [6.07, 6.45) is 0. The molecule has 0 unspecified atom stereocenters. The topological polar surface area (TPSA) is 41.6 Å². The van der Waals surface area contributed by atoms with E-state index in [4.69, 9.17) is 4.74 Å². The lowest BCUT2D eigenvalue weighted by atomic mass is 10.2. The van der Waals surface area contributed by atoms with E-state index in [2.05, 4.69) is 17.1 Å². The third-order valence-corrected chi connectivity index (χ3v) is 2.11. The van der Waals surface area contributed by atoms with Crippen molar-refractivity contribution in [2.75, 3.05) is 32.8 Å². The van der Waals surface area contributed by atoms with E-state index in [-0.39, 0.29) is 5.97 Å². The highest BCUT2D eigenvalue weighted by Gasteiger charge is 2.17. The summed E-state index contributed by atoms with van der Waals surface area (Å²) in [4.78, 5) is 13.3. The Morgan fingerprint density at radius 3 is 3.08 bits per heavy atom. The highest BCUT2D eigenvalue weighted by Crippen LogP contribution is 1.98. The van der Waals surface area contributed by atoms with Crippen molar-refractivity contribution in [2.24, 2.45) is 0 Å². The highest BCUT2D eigenvalue weighted by atomic mass is 16.5. The zero-order valence-electron chi connectivity index (χ0n) is 8.38. The minimum Gasteiger partial charge on any atom is -0.465 e. The zero-order chi connectivity index (χ0) is 9.68. The molecule has 1 heterocycles. The van der Waals surface area contributed by atoms with Crippen LogP contribution in [-0.2, 0) is 9.53 Å². The lowest BCUT2D eigenvalue weighted by Crippen LogP contribution is -2.50. The number of carbonyl (C=O) groups excluding carboxylic acids is 1. The number of hydrogen-bond acceptors (Lipinski definition) is 4. The number of nitrogens with one attached hydrogen (secondary N) is 1. The molecule has 0 aromatic rings. The fraction of sp³-hybridized carbons (Fsp3) is 0.889. The van der Waals surface area contributed by atoms with Crippen LogP contribution in [0, 0.1) is 0 Å². The molecule has 0 spiro atoms. The van der Waals surface area contributed by atoms with Crippen molar-refractivity contribution in [1.29, 1.82) is 0 Å². The first kappa shape index (κ1) is 10.5. The van der Waals surface area contributed by atoms with Gasteiger partial charge in [-0.05, 0) is 13.8 Å². The second kappa shape index (κ2) is 5.19. The molecule has 0 aromatic heterocycles. The van der Waals surface area contributed by atoms with Crippen molar-refractivity contribution in [3.63, 3.8) is 0 Å². The highest BCUT2D eigenvalue weighted by molar-refractivity contribution is 5.71. The third-order valence-electron chi connectivity index (χ3n) is 2.11. The standard InChI is InChI=1S/C9H18N2O2/c1-3-13-9(12)7-11-5-4-10-8(2)6-11/h8,10H,3-7H2,1-2H3/t8-/m1/s1. The van der Waals surface area contributed by atoms with E-state index in [1.807, 2.05) is 6.92 Å². The Kier molecular flexibility index (Phi) is 4.18. The van der Waals surface area contributed by atoms with Crippen molar-refractivity contribution in [3.05, 3.63) is 0 Å². The second-order valence-corrected chi connectivity index (χ2v) is 3.40. The molecule has 0 bridgehead atoms. The lowest BCUT2D eigenvalue weighted by molar-refractivity contribution is -0.144. The van der Waals surface area contributed by atoms with Crippen molar-refractivity contribution in [1.82, 2.24) is 10.2 Å². The molecular weight excluding hydrogens is 168 g/mol. The molecule has 0 radical (unpaired) electrons. The van der Waals surface area contributed by atoms with E-state index in [1.54, 1.807) is 0 Å². The van der Waals surface area contributed by atoms with Crippen LogP contribution in [0.5, 0.6) is 0 Å². The van der Waals surface area contributed by atoms with Crippen LogP contribution in [0.2, 0.25) is 0 Å². The summed E-state index contributed by atoms with van der Waals surface area (Å²) in [5.41, 5.74) is 0. The average molecular weight is 186 g/mol. The van der Waals surface area contributed by atoms with Crippen LogP contribution in [-0.4, -0.2) is 49.7 Å². The van der Waals surface area contributed by atoms with Crippen LogP contribution in [0.25, 0.3) is 0 Å². The van der Waals surface area contributed by atoms with Gasteiger partial charge in [0.05, 0.1) is 13.2 Å². The van der Waals surface area contributed by atoms with Crippen molar-refractivity contribution in [3.8, 4) is 0 Å². The number of nitrogens with zero attached hydrogens (tertiary/aromatic N) is 1. The monoisotopic (exact) mass is 186 g/mol.